The average molecular weight is 301 g/mol. The molecule has 1 saturated carbocycles. The third-order valence-corrected chi connectivity index (χ3v) is 4.97. The summed E-state index contributed by atoms with van der Waals surface area (Å²) < 4.78 is 26.8. The summed E-state index contributed by atoms with van der Waals surface area (Å²) in [6, 6.07) is 7.56. The highest BCUT2D eigenvalue weighted by Crippen LogP contribution is 2.25. The van der Waals surface area contributed by atoms with Gasteiger partial charge in [-0.05, 0) is 31.4 Å². The summed E-state index contributed by atoms with van der Waals surface area (Å²) in [5, 5.41) is 10.1. The van der Waals surface area contributed by atoms with Crippen LogP contribution in [0.25, 0.3) is 17.0 Å². The van der Waals surface area contributed by atoms with E-state index in [0.717, 1.165) is 29.3 Å². The summed E-state index contributed by atoms with van der Waals surface area (Å²) in [6.07, 6.45) is 4.82. The molecule has 21 heavy (non-hydrogen) atoms. The van der Waals surface area contributed by atoms with Crippen molar-refractivity contribution in [3.8, 4) is 6.07 Å². The highest BCUT2D eigenvalue weighted by atomic mass is 32.2. The fourth-order valence-corrected chi connectivity index (χ4v) is 3.45. The molecule has 1 aliphatic carbocycles. The lowest BCUT2D eigenvalue weighted by atomic mass is 10.1. The molecule has 0 atom stereocenters. The molecule has 0 unspecified atom stereocenters. The molecule has 0 bridgehead atoms. The number of nitriles is 1. The van der Waals surface area contributed by atoms with E-state index in [-0.39, 0.29) is 10.9 Å². The molecule has 1 aromatic heterocycles. The molecular formula is C15H15N3O2S. The maximum atomic E-state index is 12.1. The first-order chi connectivity index (χ1) is 10.0. The largest absolute Gasteiger partial charge is 0.360 e. The maximum absolute atomic E-state index is 12.1. The highest BCUT2D eigenvalue weighted by Gasteiger charge is 2.29. The van der Waals surface area contributed by atoms with Gasteiger partial charge < -0.3 is 4.98 Å². The van der Waals surface area contributed by atoms with Crippen molar-refractivity contribution in [2.24, 2.45) is 0 Å². The number of rotatable bonds is 4. The van der Waals surface area contributed by atoms with Crippen molar-refractivity contribution in [2.75, 3.05) is 0 Å². The predicted octanol–water partition coefficient (Wildman–Crippen LogP) is 2.42. The first-order valence-corrected chi connectivity index (χ1v) is 8.20. The van der Waals surface area contributed by atoms with Gasteiger partial charge in [-0.3, -0.25) is 0 Å². The number of H-pyrrole nitrogens is 1. The topological polar surface area (TPSA) is 85.8 Å². The van der Waals surface area contributed by atoms with Crippen LogP contribution in [-0.2, 0) is 10.0 Å². The van der Waals surface area contributed by atoms with Gasteiger partial charge in [-0.2, -0.15) is 5.26 Å². The average Bonchev–Trinajstić information content (AvgIpc) is 3.14. The molecule has 3 rings (SSSR count). The van der Waals surface area contributed by atoms with Gasteiger partial charge in [-0.25, -0.2) is 13.1 Å². The van der Waals surface area contributed by atoms with Crippen molar-refractivity contribution in [1.29, 1.82) is 5.26 Å². The Labute approximate surface area is 123 Å². The Bertz CT molecular complexity index is 868. The van der Waals surface area contributed by atoms with Gasteiger partial charge in [0.25, 0.3) is 10.0 Å². The molecule has 0 amide bonds. The lowest BCUT2D eigenvalue weighted by molar-refractivity contribution is 0.589. The zero-order valence-corrected chi connectivity index (χ0v) is 12.4. The number of sulfonamides is 1. The van der Waals surface area contributed by atoms with Crippen LogP contribution >= 0.6 is 0 Å². The van der Waals surface area contributed by atoms with Gasteiger partial charge in [0.1, 0.15) is 6.07 Å². The Kier molecular flexibility index (Phi) is 3.32. The van der Waals surface area contributed by atoms with Gasteiger partial charge >= 0.3 is 0 Å². The Balaban J connectivity index is 2.05. The minimum absolute atomic E-state index is 0.0167. The number of fused-ring (bicyclic) bond motifs is 1. The smallest absolute Gasteiger partial charge is 0.250 e. The zero-order chi connectivity index (χ0) is 15.0. The van der Waals surface area contributed by atoms with E-state index in [9.17, 15) is 13.7 Å². The van der Waals surface area contributed by atoms with Crippen LogP contribution in [0.2, 0.25) is 0 Å². The number of aryl methyl sites for hydroxylation is 1. The molecule has 1 heterocycles. The molecule has 1 aromatic carbocycles. The number of benzene rings is 1. The van der Waals surface area contributed by atoms with E-state index in [4.69, 9.17) is 0 Å². The van der Waals surface area contributed by atoms with Gasteiger partial charge in [0.2, 0.25) is 0 Å². The quantitative estimate of drug-likeness (QED) is 0.850. The fraction of sp³-hybridized carbons (Fsp3) is 0.267. The summed E-state index contributed by atoms with van der Waals surface area (Å²) in [6.45, 7) is 1.98. The van der Waals surface area contributed by atoms with Crippen molar-refractivity contribution in [1.82, 2.24) is 9.71 Å². The van der Waals surface area contributed by atoms with Gasteiger partial charge in [0.05, 0.1) is 0 Å². The number of nitrogens with zero attached hydrogens (tertiary/aromatic N) is 1. The van der Waals surface area contributed by atoms with E-state index in [0.29, 0.717) is 5.56 Å². The van der Waals surface area contributed by atoms with Crippen LogP contribution in [0, 0.1) is 18.3 Å². The number of para-hydroxylation sites is 1. The highest BCUT2D eigenvalue weighted by molar-refractivity contribution is 7.93. The summed E-state index contributed by atoms with van der Waals surface area (Å²) in [7, 11) is -3.73. The normalized spacial score (nSPS) is 16.1. The summed E-state index contributed by atoms with van der Waals surface area (Å²) in [5.41, 5.74) is 2.73. The second kappa shape index (κ2) is 5.02. The summed E-state index contributed by atoms with van der Waals surface area (Å²) in [4.78, 5) is 2.87. The fourth-order valence-electron chi connectivity index (χ4n) is 2.24. The Morgan fingerprint density at radius 2 is 2.24 bits per heavy atom. The van der Waals surface area contributed by atoms with E-state index in [1.54, 1.807) is 12.3 Å². The predicted molar refractivity (Wildman–Crippen MR) is 81.7 cm³/mol. The zero-order valence-electron chi connectivity index (χ0n) is 11.6. The number of hydrogen-bond donors (Lipinski definition) is 2. The first-order valence-electron chi connectivity index (χ1n) is 6.72. The molecule has 6 heteroatoms. The molecule has 0 saturated heterocycles. The monoisotopic (exact) mass is 301 g/mol. The third kappa shape index (κ3) is 2.71. The SMILES string of the molecule is Cc1cccc2c(/C=C(\C#N)S(=O)(=O)NC3CC3)c[nH]c12. The standard InChI is InChI=1S/C15H15N3O2S/c1-10-3-2-4-14-11(9-17-15(10)14)7-13(8-16)21(19,20)18-12-5-6-12/h2-4,7,9,12,17-18H,5-6H2,1H3/b13-7+. The van der Waals surface area contributed by atoms with E-state index in [1.807, 2.05) is 25.1 Å². The Morgan fingerprint density at radius 1 is 1.48 bits per heavy atom. The second-order valence-electron chi connectivity index (χ2n) is 5.26. The van der Waals surface area contributed by atoms with E-state index in [1.165, 1.54) is 6.08 Å². The Morgan fingerprint density at radius 3 is 2.90 bits per heavy atom. The molecule has 2 N–H and O–H groups in total. The van der Waals surface area contributed by atoms with Crippen molar-refractivity contribution in [2.45, 2.75) is 25.8 Å². The van der Waals surface area contributed by atoms with Crippen LogP contribution in [-0.4, -0.2) is 19.4 Å². The number of hydrogen-bond acceptors (Lipinski definition) is 3. The molecule has 2 aromatic rings. The van der Waals surface area contributed by atoms with Crippen molar-refractivity contribution < 1.29 is 8.42 Å². The van der Waals surface area contributed by atoms with E-state index in [2.05, 4.69) is 9.71 Å². The molecule has 1 fully saturated rings. The van der Waals surface area contributed by atoms with Crippen LogP contribution in [0.3, 0.4) is 0 Å². The Hall–Kier alpha value is -2.10. The van der Waals surface area contributed by atoms with Crippen LogP contribution < -0.4 is 4.72 Å². The van der Waals surface area contributed by atoms with E-state index >= 15 is 0 Å². The number of aromatic nitrogens is 1. The summed E-state index contributed by atoms with van der Waals surface area (Å²) >= 11 is 0. The molecular weight excluding hydrogens is 286 g/mol. The third-order valence-electron chi connectivity index (χ3n) is 3.54. The summed E-state index contributed by atoms with van der Waals surface area (Å²) in [5.74, 6) is 0. The molecule has 0 spiro atoms. The molecule has 108 valence electrons. The first kappa shape index (κ1) is 13.9. The number of aromatic amines is 1. The van der Waals surface area contributed by atoms with Crippen molar-refractivity contribution in [3.63, 3.8) is 0 Å². The van der Waals surface area contributed by atoms with Crippen LogP contribution in [0.4, 0.5) is 0 Å². The van der Waals surface area contributed by atoms with Crippen LogP contribution in [0.5, 0.6) is 0 Å². The van der Waals surface area contributed by atoms with Gasteiger partial charge in [0.15, 0.2) is 4.91 Å². The lowest BCUT2D eigenvalue weighted by Gasteiger charge is -2.03. The maximum Gasteiger partial charge on any atom is 0.250 e. The molecule has 0 radical (unpaired) electrons. The minimum Gasteiger partial charge on any atom is -0.360 e. The molecule has 1 aliphatic rings. The lowest BCUT2D eigenvalue weighted by Crippen LogP contribution is -2.26. The van der Waals surface area contributed by atoms with Crippen LogP contribution in [0.1, 0.15) is 24.0 Å². The molecule has 5 nitrogen and oxygen atoms in total. The van der Waals surface area contributed by atoms with Crippen molar-refractivity contribution >= 4 is 27.0 Å². The van der Waals surface area contributed by atoms with Crippen molar-refractivity contribution in [3.05, 3.63) is 40.4 Å². The molecule has 0 aliphatic heterocycles. The second-order valence-corrected chi connectivity index (χ2v) is 6.94. The van der Waals surface area contributed by atoms with Gasteiger partial charge in [0, 0.05) is 28.7 Å². The minimum atomic E-state index is -3.73. The number of allylic oxidation sites excluding steroid dienone is 1. The van der Waals surface area contributed by atoms with E-state index < -0.39 is 10.0 Å². The van der Waals surface area contributed by atoms with Gasteiger partial charge in [-0.15, -0.1) is 0 Å². The van der Waals surface area contributed by atoms with Gasteiger partial charge in [-0.1, -0.05) is 18.2 Å². The van der Waals surface area contributed by atoms with Crippen LogP contribution in [0.15, 0.2) is 29.3 Å². The number of nitrogens with one attached hydrogen (secondary N) is 2.